The molecule has 4 heteroatoms. The van der Waals surface area contributed by atoms with E-state index in [1.54, 1.807) is 0 Å². The lowest BCUT2D eigenvalue weighted by molar-refractivity contribution is 0.0939. The maximum Gasteiger partial charge on any atom is 0.252 e. The Balaban J connectivity index is 1.47. The van der Waals surface area contributed by atoms with Crippen LogP contribution >= 0.6 is 0 Å². The summed E-state index contributed by atoms with van der Waals surface area (Å²) in [5, 5.41) is 12.6. The standard InChI is InChI=1S/C26H31N3O/c1-18-12-13-22(28-17-20-7-6-14-27-16-20)15-25(18)26(30)29-19(2)23-11-5-9-21-8-3-4-10-24(21)23/h3-5,8-13,15,19-20,27-28H,6-7,14,16-17H2,1-2H3,(H,29,30)/t19-,20?/m1/s1. The average molecular weight is 402 g/mol. The lowest BCUT2D eigenvalue weighted by atomic mass is 9.98. The molecule has 1 aliphatic heterocycles. The number of amides is 1. The number of carbonyl (C=O) groups excluding carboxylic acids is 1. The lowest BCUT2D eigenvalue weighted by Gasteiger charge is -2.23. The molecule has 4 nitrogen and oxygen atoms in total. The number of hydrogen-bond donors (Lipinski definition) is 3. The average Bonchev–Trinajstić information content (AvgIpc) is 2.78. The quantitative estimate of drug-likeness (QED) is 0.542. The van der Waals surface area contributed by atoms with E-state index in [9.17, 15) is 4.79 Å². The van der Waals surface area contributed by atoms with Gasteiger partial charge in [0.1, 0.15) is 0 Å². The molecule has 0 aromatic heterocycles. The maximum absolute atomic E-state index is 13.1. The highest BCUT2D eigenvalue weighted by Crippen LogP contribution is 2.25. The van der Waals surface area contributed by atoms with Crippen molar-refractivity contribution in [3.8, 4) is 0 Å². The first kappa shape index (κ1) is 20.4. The molecule has 1 unspecified atom stereocenters. The van der Waals surface area contributed by atoms with Crippen LogP contribution in [0.4, 0.5) is 5.69 Å². The molecule has 2 atom stereocenters. The number of nitrogens with one attached hydrogen (secondary N) is 3. The second kappa shape index (κ2) is 9.31. The highest BCUT2D eigenvalue weighted by molar-refractivity contribution is 5.97. The molecule has 0 radical (unpaired) electrons. The minimum Gasteiger partial charge on any atom is -0.385 e. The van der Waals surface area contributed by atoms with Gasteiger partial charge in [-0.1, -0.05) is 48.5 Å². The van der Waals surface area contributed by atoms with Gasteiger partial charge in [0.25, 0.3) is 5.91 Å². The number of hydrogen-bond acceptors (Lipinski definition) is 3. The van der Waals surface area contributed by atoms with Crippen molar-refractivity contribution in [1.82, 2.24) is 10.6 Å². The van der Waals surface area contributed by atoms with Gasteiger partial charge in [0.05, 0.1) is 6.04 Å². The van der Waals surface area contributed by atoms with E-state index < -0.39 is 0 Å². The van der Waals surface area contributed by atoms with E-state index in [-0.39, 0.29) is 11.9 Å². The third-order valence-corrected chi connectivity index (χ3v) is 6.11. The zero-order chi connectivity index (χ0) is 20.9. The largest absolute Gasteiger partial charge is 0.385 e. The molecule has 3 aromatic rings. The first-order valence-corrected chi connectivity index (χ1v) is 11.0. The van der Waals surface area contributed by atoms with Gasteiger partial charge in [-0.3, -0.25) is 4.79 Å². The van der Waals surface area contributed by atoms with Gasteiger partial charge >= 0.3 is 0 Å². The van der Waals surface area contributed by atoms with Crippen LogP contribution < -0.4 is 16.0 Å². The Morgan fingerprint density at radius 3 is 2.80 bits per heavy atom. The van der Waals surface area contributed by atoms with Crippen molar-refractivity contribution in [2.75, 3.05) is 25.0 Å². The summed E-state index contributed by atoms with van der Waals surface area (Å²) in [4.78, 5) is 13.1. The van der Waals surface area contributed by atoms with Crippen LogP contribution in [0.5, 0.6) is 0 Å². The van der Waals surface area contributed by atoms with Crippen molar-refractivity contribution in [1.29, 1.82) is 0 Å². The van der Waals surface area contributed by atoms with Crippen molar-refractivity contribution < 1.29 is 4.79 Å². The molecule has 0 saturated carbocycles. The van der Waals surface area contributed by atoms with Gasteiger partial charge in [0, 0.05) is 17.8 Å². The van der Waals surface area contributed by atoms with E-state index in [1.807, 2.05) is 38.1 Å². The molecular weight excluding hydrogens is 370 g/mol. The first-order chi connectivity index (χ1) is 14.6. The summed E-state index contributed by atoms with van der Waals surface area (Å²) in [7, 11) is 0. The van der Waals surface area contributed by atoms with Crippen LogP contribution in [0.1, 0.15) is 47.3 Å². The topological polar surface area (TPSA) is 53.2 Å². The normalized spacial score (nSPS) is 17.5. The predicted octanol–water partition coefficient (Wildman–Crippen LogP) is 5.05. The maximum atomic E-state index is 13.1. The van der Waals surface area contributed by atoms with Crippen LogP contribution in [0, 0.1) is 12.8 Å². The van der Waals surface area contributed by atoms with E-state index in [2.05, 4.69) is 52.3 Å². The molecule has 1 amide bonds. The zero-order valence-corrected chi connectivity index (χ0v) is 17.9. The Morgan fingerprint density at radius 2 is 1.97 bits per heavy atom. The molecule has 0 bridgehead atoms. The van der Waals surface area contributed by atoms with Crippen LogP contribution in [0.15, 0.2) is 60.7 Å². The van der Waals surface area contributed by atoms with Crippen molar-refractivity contribution in [2.24, 2.45) is 5.92 Å². The first-order valence-electron chi connectivity index (χ1n) is 11.0. The number of aryl methyl sites for hydroxylation is 1. The van der Waals surface area contributed by atoms with Crippen LogP contribution in [0.3, 0.4) is 0 Å². The minimum absolute atomic E-state index is 0.0316. The van der Waals surface area contributed by atoms with E-state index in [4.69, 9.17) is 0 Å². The molecule has 3 aromatic carbocycles. The molecule has 1 heterocycles. The van der Waals surface area contributed by atoms with Crippen molar-refractivity contribution in [2.45, 2.75) is 32.7 Å². The monoisotopic (exact) mass is 401 g/mol. The van der Waals surface area contributed by atoms with Gasteiger partial charge in [-0.05, 0) is 79.7 Å². The van der Waals surface area contributed by atoms with Gasteiger partial charge in [0.15, 0.2) is 0 Å². The van der Waals surface area contributed by atoms with E-state index in [0.717, 1.165) is 42.0 Å². The fourth-order valence-electron chi connectivity index (χ4n) is 4.32. The Bertz CT molecular complexity index is 1020. The summed E-state index contributed by atoms with van der Waals surface area (Å²) in [6.07, 6.45) is 2.49. The smallest absolute Gasteiger partial charge is 0.252 e. The summed E-state index contributed by atoms with van der Waals surface area (Å²) in [5.74, 6) is 0.611. The fourth-order valence-corrected chi connectivity index (χ4v) is 4.32. The number of rotatable bonds is 6. The molecule has 4 rings (SSSR count). The predicted molar refractivity (Wildman–Crippen MR) is 125 cm³/mol. The second-order valence-corrected chi connectivity index (χ2v) is 8.39. The highest BCUT2D eigenvalue weighted by atomic mass is 16.1. The van der Waals surface area contributed by atoms with Crippen molar-refractivity contribution in [3.05, 3.63) is 77.4 Å². The number of piperidine rings is 1. The summed E-state index contributed by atoms with van der Waals surface area (Å²) in [6, 6.07) is 20.6. The van der Waals surface area contributed by atoms with Crippen molar-refractivity contribution in [3.63, 3.8) is 0 Å². The third-order valence-electron chi connectivity index (χ3n) is 6.11. The summed E-state index contributed by atoms with van der Waals surface area (Å²) >= 11 is 0. The molecule has 0 aliphatic carbocycles. The van der Waals surface area contributed by atoms with Crippen molar-refractivity contribution >= 4 is 22.4 Å². The molecule has 1 saturated heterocycles. The Kier molecular flexibility index (Phi) is 6.34. The van der Waals surface area contributed by atoms with Gasteiger partial charge in [-0.2, -0.15) is 0 Å². The minimum atomic E-state index is -0.0760. The second-order valence-electron chi connectivity index (χ2n) is 8.39. The summed E-state index contributed by atoms with van der Waals surface area (Å²) in [6.45, 7) is 7.16. The summed E-state index contributed by atoms with van der Waals surface area (Å²) in [5.41, 5.74) is 3.86. The molecular formula is C26H31N3O. The van der Waals surface area contributed by atoms with Gasteiger partial charge in [-0.25, -0.2) is 0 Å². The lowest BCUT2D eigenvalue weighted by Crippen LogP contribution is -2.33. The Hall–Kier alpha value is -2.85. The van der Waals surface area contributed by atoms with Crippen LogP contribution in [0.2, 0.25) is 0 Å². The van der Waals surface area contributed by atoms with E-state index in [1.165, 1.54) is 23.6 Å². The van der Waals surface area contributed by atoms with E-state index in [0.29, 0.717) is 5.92 Å². The summed E-state index contributed by atoms with van der Waals surface area (Å²) < 4.78 is 0. The molecule has 3 N–H and O–H groups in total. The Morgan fingerprint density at radius 1 is 1.13 bits per heavy atom. The SMILES string of the molecule is Cc1ccc(NCC2CCCNC2)cc1C(=O)N[C@H](C)c1cccc2ccccc12. The van der Waals surface area contributed by atoms with Crippen LogP contribution in [0.25, 0.3) is 10.8 Å². The number of anilines is 1. The van der Waals surface area contributed by atoms with Gasteiger partial charge < -0.3 is 16.0 Å². The van der Waals surface area contributed by atoms with Crippen LogP contribution in [-0.4, -0.2) is 25.5 Å². The molecule has 0 spiro atoms. The van der Waals surface area contributed by atoms with Gasteiger partial charge in [-0.15, -0.1) is 0 Å². The molecule has 30 heavy (non-hydrogen) atoms. The molecule has 1 aliphatic rings. The fraction of sp³-hybridized carbons (Fsp3) is 0.346. The highest BCUT2D eigenvalue weighted by Gasteiger charge is 2.17. The molecule has 156 valence electrons. The zero-order valence-electron chi connectivity index (χ0n) is 17.9. The third kappa shape index (κ3) is 4.65. The number of carbonyl (C=O) groups is 1. The Labute approximate surface area is 179 Å². The van der Waals surface area contributed by atoms with E-state index >= 15 is 0 Å². The molecule has 1 fully saturated rings. The number of benzene rings is 3. The number of fused-ring (bicyclic) bond motifs is 1. The van der Waals surface area contributed by atoms with Gasteiger partial charge in [0.2, 0.25) is 0 Å². The van der Waals surface area contributed by atoms with Crippen LogP contribution in [-0.2, 0) is 0 Å².